The molecule has 1 amide bonds. The van der Waals surface area contributed by atoms with Crippen LogP contribution in [0.25, 0.3) is 0 Å². The number of hydrogen-bond donors (Lipinski definition) is 2. The molecule has 2 aromatic carbocycles. The molecule has 2 N–H and O–H groups in total. The lowest BCUT2D eigenvalue weighted by Gasteiger charge is -2.13. The van der Waals surface area contributed by atoms with Crippen molar-refractivity contribution < 1.29 is 9.53 Å². The highest BCUT2D eigenvalue weighted by Gasteiger charge is 2.15. The van der Waals surface area contributed by atoms with E-state index in [1.54, 1.807) is 0 Å². The Morgan fingerprint density at radius 1 is 1.12 bits per heavy atom. The monoisotopic (exact) mass is 508 g/mol. The molecule has 8 heteroatoms. The van der Waals surface area contributed by atoms with Gasteiger partial charge >= 0.3 is 0 Å². The van der Waals surface area contributed by atoms with Crippen LogP contribution < -0.4 is 15.4 Å². The highest BCUT2D eigenvalue weighted by Crippen LogP contribution is 2.33. The van der Waals surface area contributed by atoms with Crippen LogP contribution in [0.4, 0.5) is 5.69 Å². The summed E-state index contributed by atoms with van der Waals surface area (Å²) in [4.78, 5) is 12.3. The second kappa shape index (κ2) is 8.53. The summed E-state index contributed by atoms with van der Waals surface area (Å²) in [7, 11) is 1.46. The molecule has 0 heterocycles. The van der Waals surface area contributed by atoms with Gasteiger partial charge in [0.15, 0.2) is 10.9 Å². The minimum Gasteiger partial charge on any atom is -0.494 e. The minimum absolute atomic E-state index is 0.188. The molecule has 0 fully saturated rings. The van der Waals surface area contributed by atoms with Crippen LogP contribution in [0.3, 0.4) is 0 Å². The highest BCUT2D eigenvalue weighted by molar-refractivity contribution is 14.1. The van der Waals surface area contributed by atoms with Crippen LogP contribution in [0.15, 0.2) is 24.3 Å². The first kappa shape index (κ1) is 20.2. The molecule has 0 bridgehead atoms. The summed E-state index contributed by atoms with van der Waals surface area (Å²) in [5, 5.41) is 6.31. The van der Waals surface area contributed by atoms with Crippen molar-refractivity contribution in [2.24, 2.45) is 0 Å². The summed E-state index contributed by atoms with van der Waals surface area (Å²) in [6.07, 6.45) is 0. The summed E-state index contributed by atoms with van der Waals surface area (Å²) in [6.45, 7) is 4.03. The zero-order valence-corrected chi connectivity index (χ0v) is 18.2. The number of carbonyl (C=O) groups is 1. The Balaban J connectivity index is 2.12. The Bertz CT molecular complexity index is 813. The molecule has 2 rings (SSSR count). The second-order valence-electron chi connectivity index (χ2n) is 5.31. The lowest BCUT2D eigenvalue weighted by Crippen LogP contribution is -2.34. The van der Waals surface area contributed by atoms with E-state index in [0.29, 0.717) is 5.75 Å². The molecule has 0 aliphatic rings. The van der Waals surface area contributed by atoms with Gasteiger partial charge in [-0.1, -0.05) is 23.2 Å². The van der Waals surface area contributed by atoms with Crippen molar-refractivity contribution in [2.75, 3.05) is 12.4 Å². The molecule has 2 aromatic rings. The van der Waals surface area contributed by atoms with Gasteiger partial charge in [-0.2, -0.15) is 0 Å². The number of nitrogens with one attached hydrogen (secondary N) is 2. The predicted molar refractivity (Wildman–Crippen MR) is 115 cm³/mol. The molecule has 0 spiro atoms. The normalized spacial score (nSPS) is 10.3. The number of thiocarbonyl (C=S) groups is 1. The third kappa shape index (κ3) is 4.97. The maximum Gasteiger partial charge on any atom is 0.257 e. The molecule has 0 aliphatic carbocycles. The lowest BCUT2D eigenvalue weighted by atomic mass is 10.1. The van der Waals surface area contributed by atoms with Crippen molar-refractivity contribution in [1.82, 2.24) is 5.32 Å². The standard InChI is InChI=1S/C17H15Cl2IN2O2S/c1-8-4-11(5-9(2)14(8)20)21-17(25)22-16(23)10-6-12(18)15(24-3)13(19)7-10/h4-7H,1-3H3,(H2,21,22,23,25). The summed E-state index contributed by atoms with van der Waals surface area (Å²) in [5.74, 6) is -0.0895. The van der Waals surface area contributed by atoms with Crippen molar-refractivity contribution in [3.8, 4) is 5.75 Å². The number of amides is 1. The molecule has 132 valence electrons. The molecule has 0 saturated heterocycles. The maximum absolute atomic E-state index is 12.3. The van der Waals surface area contributed by atoms with Crippen LogP contribution >= 0.6 is 58.0 Å². The number of benzene rings is 2. The van der Waals surface area contributed by atoms with Crippen molar-refractivity contribution in [3.05, 3.63) is 54.6 Å². The van der Waals surface area contributed by atoms with Gasteiger partial charge < -0.3 is 10.1 Å². The van der Waals surface area contributed by atoms with E-state index in [1.165, 1.54) is 22.8 Å². The van der Waals surface area contributed by atoms with Crippen molar-refractivity contribution in [3.63, 3.8) is 0 Å². The summed E-state index contributed by atoms with van der Waals surface area (Å²) in [6, 6.07) is 6.88. The fourth-order valence-electron chi connectivity index (χ4n) is 2.24. The molecule has 0 radical (unpaired) electrons. The maximum atomic E-state index is 12.3. The lowest BCUT2D eigenvalue weighted by molar-refractivity contribution is 0.0977. The first-order valence-electron chi connectivity index (χ1n) is 7.15. The average Bonchev–Trinajstić information content (AvgIpc) is 2.52. The molecule has 4 nitrogen and oxygen atoms in total. The molecular formula is C17H15Cl2IN2O2S. The van der Waals surface area contributed by atoms with Crippen LogP contribution in [0.1, 0.15) is 21.5 Å². The van der Waals surface area contributed by atoms with E-state index in [2.05, 4.69) is 33.2 Å². The molecule has 25 heavy (non-hydrogen) atoms. The summed E-state index contributed by atoms with van der Waals surface area (Å²) < 4.78 is 6.26. The van der Waals surface area contributed by atoms with E-state index < -0.39 is 5.91 Å². The van der Waals surface area contributed by atoms with Crippen LogP contribution in [0.5, 0.6) is 5.75 Å². The quantitative estimate of drug-likeness (QED) is 0.433. The van der Waals surface area contributed by atoms with Crippen molar-refractivity contribution >= 4 is 74.7 Å². The average molecular weight is 509 g/mol. The van der Waals surface area contributed by atoms with E-state index in [-0.39, 0.29) is 20.7 Å². The summed E-state index contributed by atoms with van der Waals surface area (Å²) in [5.41, 5.74) is 3.36. The Hall–Kier alpha value is -1.09. The molecule has 0 aromatic heterocycles. The SMILES string of the molecule is COc1c(Cl)cc(C(=O)NC(=S)Nc2cc(C)c(I)c(C)c2)cc1Cl. The highest BCUT2D eigenvalue weighted by atomic mass is 127. The van der Waals surface area contributed by atoms with E-state index in [9.17, 15) is 4.79 Å². The van der Waals surface area contributed by atoms with Gasteiger partial charge in [0.2, 0.25) is 0 Å². The third-order valence-electron chi connectivity index (χ3n) is 3.39. The third-order valence-corrected chi connectivity index (χ3v) is 5.85. The van der Waals surface area contributed by atoms with Crippen molar-refractivity contribution in [1.29, 1.82) is 0 Å². The van der Waals surface area contributed by atoms with Gasteiger partial charge in [-0.25, -0.2) is 0 Å². The van der Waals surface area contributed by atoms with Gasteiger partial charge in [0.25, 0.3) is 5.91 Å². The first-order chi connectivity index (χ1) is 11.7. The second-order valence-corrected chi connectivity index (χ2v) is 7.61. The fraction of sp³-hybridized carbons (Fsp3) is 0.176. The van der Waals surface area contributed by atoms with Gasteiger partial charge in [0, 0.05) is 14.8 Å². The summed E-state index contributed by atoms with van der Waals surface area (Å²) >= 11 is 19.6. The molecular weight excluding hydrogens is 494 g/mol. The van der Waals surface area contributed by atoms with Crippen LogP contribution in [-0.2, 0) is 0 Å². The van der Waals surface area contributed by atoms with E-state index in [1.807, 2.05) is 26.0 Å². The van der Waals surface area contributed by atoms with Crippen LogP contribution in [-0.4, -0.2) is 18.1 Å². The van der Waals surface area contributed by atoms with E-state index in [4.69, 9.17) is 40.2 Å². The number of halogens is 3. The van der Waals surface area contributed by atoms with Gasteiger partial charge in [-0.05, 0) is 84.0 Å². The molecule has 0 unspecified atom stereocenters. The van der Waals surface area contributed by atoms with Gasteiger partial charge in [-0.3, -0.25) is 10.1 Å². The van der Waals surface area contributed by atoms with Gasteiger partial charge in [0.05, 0.1) is 17.2 Å². The molecule has 0 saturated carbocycles. The number of methoxy groups -OCH3 is 1. The molecule has 0 aliphatic heterocycles. The van der Waals surface area contributed by atoms with Gasteiger partial charge in [-0.15, -0.1) is 0 Å². The van der Waals surface area contributed by atoms with Crippen LogP contribution in [0, 0.1) is 17.4 Å². The largest absolute Gasteiger partial charge is 0.494 e. The number of hydrogen-bond acceptors (Lipinski definition) is 3. The predicted octanol–water partition coefficient (Wildman–Crippen LogP) is 5.35. The first-order valence-corrected chi connectivity index (χ1v) is 9.39. The Morgan fingerprint density at radius 3 is 2.12 bits per heavy atom. The fourth-order valence-corrected chi connectivity index (χ4v) is 3.41. The van der Waals surface area contributed by atoms with Crippen molar-refractivity contribution in [2.45, 2.75) is 13.8 Å². The van der Waals surface area contributed by atoms with E-state index >= 15 is 0 Å². The zero-order chi connectivity index (χ0) is 18.7. The Kier molecular flexibility index (Phi) is 6.90. The minimum atomic E-state index is -0.414. The Morgan fingerprint density at radius 2 is 1.64 bits per heavy atom. The zero-order valence-electron chi connectivity index (χ0n) is 13.7. The Labute approximate surface area is 175 Å². The van der Waals surface area contributed by atoms with Gasteiger partial charge in [0.1, 0.15) is 0 Å². The number of anilines is 1. The topological polar surface area (TPSA) is 50.4 Å². The smallest absolute Gasteiger partial charge is 0.257 e. The number of carbonyl (C=O) groups excluding carboxylic acids is 1. The van der Waals surface area contributed by atoms with Crippen LogP contribution in [0.2, 0.25) is 10.0 Å². The molecule has 0 atom stereocenters. The number of rotatable bonds is 3. The number of ether oxygens (including phenoxy) is 1. The van der Waals surface area contributed by atoms with E-state index in [0.717, 1.165) is 16.8 Å². The number of aryl methyl sites for hydroxylation is 2.